The first-order chi connectivity index (χ1) is 19.3. The van der Waals surface area contributed by atoms with Crippen molar-refractivity contribution in [3.8, 4) is 23.0 Å². The topological polar surface area (TPSA) is 264 Å². The van der Waals surface area contributed by atoms with Crippen LogP contribution in [-0.2, 0) is 39.9 Å². The van der Waals surface area contributed by atoms with Gasteiger partial charge >= 0.3 is 37.7 Å². The summed E-state index contributed by atoms with van der Waals surface area (Å²) in [5.74, 6) is -2.95. The summed E-state index contributed by atoms with van der Waals surface area (Å²) in [7, 11) is -18.1. The summed E-state index contributed by atoms with van der Waals surface area (Å²) < 4.78 is 111. The fourth-order valence-electron chi connectivity index (χ4n) is 3.34. The first-order valence-electron chi connectivity index (χ1n) is 10.9. The van der Waals surface area contributed by atoms with Gasteiger partial charge in [0.1, 0.15) is 15.5 Å². The predicted molar refractivity (Wildman–Crippen MR) is 144 cm³/mol. The van der Waals surface area contributed by atoms with Crippen LogP contribution in [0.1, 0.15) is 0 Å². The molecule has 14 nitrogen and oxygen atoms in total. The Morgan fingerprint density at radius 1 is 0.488 bits per heavy atom. The summed E-state index contributed by atoms with van der Waals surface area (Å²) in [4.78, 5) is -3.96. The van der Waals surface area contributed by atoms with E-state index < -0.39 is 76.7 Å². The van der Waals surface area contributed by atoms with Gasteiger partial charge in [-0.1, -0.05) is 30.0 Å². The smallest absolute Gasteiger partial charge is 0.872 e. The molecule has 0 spiro atoms. The molecule has 0 heterocycles. The van der Waals surface area contributed by atoms with E-state index in [0.29, 0.717) is 0 Å². The minimum atomic E-state index is -4.83. The predicted octanol–water partition coefficient (Wildman–Crippen LogP) is 0.710. The van der Waals surface area contributed by atoms with E-state index in [1.165, 1.54) is 0 Å². The van der Waals surface area contributed by atoms with Crippen LogP contribution in [0.25, 0.3) is 0 Å². The number of phenols is 2. The third-order valence-electron chi connectivity index (χ3n) is 5.32. The van der Waals surface area contributed by atoms with Crippen LogP contribution in [-0.4, -0.2) is 90.7 Å². The molecule has 0 aliphatic rings. The van der Waals surface area contributed by atoms with Gasteiger partial charge in [0, 0.05) is 0 Å². The third-order valence-corrected chi connectivity index (χ3v) is 10.7. The summed E-state index contributed by atoms with van der Waals surface area (Å²) in [5, 5.41) is 41.8. The third kappa shape index (κ3) is 8.16. The molecule has 0 aliphatic carbocycles. The molecule has 19 heteroatoms. The SMILES string of the molecule is O=S(=O)(O)c1cccc(S(=O)(=O)c2ccc(O)cc2)c1O.O=S(=O)(O)c1cccc(S(=O)(=O)c2ccc([O-])cc2)c1[O-].[Ca+2]. The molecule has 0 aliphatic heterocycles. The number of aromatic hydroxyl groups is 2. The number of phenolic OH excluding ortho intramolecular Hbond substituents is 2. The van der Waals surface area contributed by atoms with Gasteiger partial charge in [-0.2, -0.15) is 16.8 Å². The molecule has 4 aromatic rings. The molecule has 0 atom stereocenters. The first kappa shape index (κ1) is 36.3. The first-order valence-corrected chi connectivity index (χ1v) is 16.8. The Balaban J connectivity index is 0.000000293. The summed E-state index contributed by atoms with van der Waals surface area (Å²) >= 11 is 0. The van der Waals surface area contributed by atoms with Crippen LogP contribution in [0, 0.1) is 0 Å². The summed E-state index contributed by atoms with van der Waals surface area (Å²) in [6, 6.07) is 14.2. The maximum Gasteiger partial charge on any atom is 2.00 e. The van der Waals surface area contributed by atoms with Gasteiger partial charge in [0.25, 0.3) is 20.2 Å². The average Bonchev–Trinajstić information content (AvgIpc) is 2.88. The molecule has 4 aromatic carbocycles. The van der Waals surface area contributed by atoms with Crippen molar-refractivity contribution in [3.63, 3.8) is 0 Å². The molecule has 0 amide bonds. The molecule has 0 bridgehead atoms. The van der Waals surface area contributed by atoms with Gasteiger partial charge in [-0.05, 0) is 60.7 Å². The summed E-state index contributed by atoms with van der Waals surface area (Å²) in [5.41, 5.74) is 0. The molecule has 4 rings (SSSR count). The van der Waals surface area contributed by atoms with Gasteiger partial charge in [-0.15, -0.1) is 5.75 Å². The average molecular weight is 699 g/mol. The molecule has 0 fully saturated rings. The minimum absolute atomic E-state index is 0. The maximum atomic E-state index is 12.3. The largest absolute Gasteiger partial charge is 2.00 e. The molecule has 0 saturated heterocycles. The van der Waals surface area contributed by atoms with Gasteiger partial charge in [0.15, 0.2) is 5.75 Å². The van der Waals surface area contributed by atoms with Crippen molar-refractivity contribution in [1.29, 1.82) is 0 Å². The standard InChI is InChI=1S/2C12H10O7S2.Ca/c2*13-8-4-6-9(7-5-8)20(15,16)10-2-1-3-11(12(10)14)21(17,18)19;/h2*1-7,13-14H,(H,17,18,19);/q;;+2/p-2. The Bertz CT molecular complexity index is 1920. The zero-order valence-corrected chi connectivity index (χ0v) is 26.8. The Morgan fingerprint density at radius 2 is 0.860 bits per heavy atom. The maximum absolute atomic E-state index is 12.3. The van der Waals surface area contributed by atoms with Crippen LogP contribution in [0.15, 0.2) is 114 Å². The molecule has 43 heavy (non-hydrogen) atoms. The quantitative estimate of drug-likeness (QED) is 0.160. The van der Waals surface area contributed by atoms with E-state index in [9.17, 15) is 49.0 Å². The van der Waals surface area contributed by atoms with Gasteiger partial charge < -0.3 is 20.4 Å². The van der Waals surface area contributed by atoms with E-state index in [4.69, 9.17) is 14.2 Å². The molecular formula is C24H18CaO14S4. The fraction of sp³-hybridized carbons (Fsp3) is 0. The van der Waals surface area contributed by atoms with Gasteiger partial charge in [0.2, 0.25) is 19.7 Å². The van der Waals surface area contributed by atoms with Crippen molar-refractivity contribution in [2.24, 2.45) is 0 Å². The zero-order chi connectivity index (χ0) is 31.7. The van der Waals surface area contributed by atoms with Crippen molar-refractivity contribution in [2.75, 3.05) is 0 Å². The second-order valence-electron chi connectivity index (χ2n) is 8.11. The molecule has 224 valence electrons. The Labute approximate surface area is 275 Å². The van der Waals surface area contributed by atoms with Gasteiger partial charge in [-0.25, -0.2) is 16.8 Å². The van der Waals surface area contributed by atoms with E-state index in [0.717, 1.165) is 84.9 Å². The van der Waals surface area contributed by atoms with Gasteiger partial charge in [-0.3, -0.25) is 9.11 Å². The monoisotopic (exact) mass is 698 g/mol. The number of rotatable bonds is 6. The number of hydrogen-bond acceptors (Lipinski definition) is 12. The van der Waals surface area contributed by atoms with E-state index in [1.807, 2.05) is 0 Å². The van der Waals surface area contributed by atoms with E-state index >= 15 is 0 Å². The number of hydrogen-bond donors (Lipinski definition) is 4. The normalized spacial score (nSPS) is 12.0. The number of benzene rings is 4. The van der Waals surface area contributed by atoms with Crippen LogP contribution in [0.4, 0.5) is 0 Å². The molecular weight excluding hydrogens is 681 g/mol. The molecule has 0 saturated carbocycles. The van der Waals surface area contributed by atoms with Crippen LogP contribution >= 0.6 is 0 Å². The van der Waals surface area contributed by atoms with E-state index in [-0.39, 0.29) is 53.3 Å². The Kier molecular flexibility index (Phi) is 11.3. The van der Waals surface area contributed by atoms with Crippen molar-refractivity contribution >= 4 is 77.6 Å². The van der Waals surface area contributed by atoms with Crippen LogP contribution < -0.4 is 10.2 Å². The second-order valence-corrected chi connectivity index (χ2v) is 14.7. The number of para-hydroxylation sites is 2. The summed E-state index contributed by atoms with van der Waals surface area (Å²) in [6.45, 7) is 0. The van der Waals surface area contributed by atoms with Crippen molar-refractivity contribution < 1.29 is 63.2 Å². The molecule has 0 radical (unpaired) electrons. The molecule has 0 aromatic heterocycles. The van der Waals surface area contributed by atoms with Crippen molar-refractivity contribution in [1.82, 2.24) is 0 Å². The second kappa shape index (κ2) is 13.4. The van der Waals surface area contributed by atoms with Crippen LogP contribution in [0.5, 0.6) is 23.0 Å². The van der Waals surface area contributed by atoms with E-state index in [1.54, 1.807) is 0 Å². The van der Waals surface area contributed by atoms with Crippen molar-refractivity contribution in [2.45, 2.75) is 29.4 Å². The van der Waals surface area contributed by atoms with Gasteiger partial charge in [0.05, 0.1) is 19.6 Å². The van der Waals surface area contributed by atoms with Crippen LogP contribution in [0.3, 0.4) is 0 Å². The van der Waals surface area contributed by atoms with Crippen molar-refractivity contribution in [3.05, 3.63) is 84.9 Å². The zero-order valence-electron chi connectivity index (χ0n) is 21.3. The molecule has 4 N–H and O–H groups in total. The Morgan fingerprint density at radius 3 is 1.33 bits per heavy atom. The number of sulfone groups is 2. The van der Waals surface area contributed by atoms with Crippen LogP contribution in [0.2, 0.25) is 0 Å². The van der Waals surface area contributed by atoms with E-state index in [2.05, 4.69) is 0 Å². The minimum Gasteiger partial charge on any atom is -0.872 e. The summed E-state index contributed by atoms with van der Waals surface area (Å²) in [6.07, 6.45) is 0. The fourth-order valence-corrected chi connectivity index (χ4v) is 7.40. The molecule has 0 unspecified atom stereocenters. The Hall–Kier alpha value is -2.94.